The van der Waals surface area contributed by atoms with Crippen molar-refractivity contribution in [3.8, 4) is 0 Å². The van der Waals surface area contributed by atoms with Gasteiger partial charge in [0.25, 0.3) is 0 Å². The summed E-state index contributed by atoms with van der Waals surface area (Å²) in [5, 5.41) is 1.23. The zero-order valence-electron chi connectivity index (χ0n) is 21.5. The molecule has 0 unspecified atom stereocenters. The monoisotopic (exact) mass is 501 g/mol. The number of ether oxygens (including phenoxy) is 3. The van der Waals surface area contributed by atoms with E-state index in [0.29, 0.717) is 6.61 Å². The predicted molar refractivity (Wildman–Crippen MR) is 138 cm³/mol. The van der Waals surface area contributed by atoms with Gasteiger partial charge in [-0.15, -0.1) is 13.2 Å². The summed E-state index contributed by atoms with van der Waals surface area (Å²) >= 11 is 0. The lowest BCUT2D eigenvalue weighted by Gasteiger charge is -2.43. The van der Waals surface area contributed by atoms with Crippen LogP contribution >= 0.6 is 0 Å². The maximum absolute atomic E-state index is 13.2. The lowest BCUT2D eigenvalue weighted by molar-refractivity contribution is -0.204. The number of hydroxylamine groups is 2. The van der Waals surface area contributed by atoms with Crippen molar-refractivity contribution in [1.29, 1.82) is 0 Å². The number of benzene rings is 1. The molecule has 1 fully saturated rings. The Balaban J connectivity index is 1.92. The molecule has 2 heterocycles. The smallest absolute Gasteiger partial charge is 0.434 e. The summed E-state index contributed by atoms with van der Waals surface area (Å²) in [6.07, 6.45) is 4.53. The van der Waals surface area contributed by atoms with Gasteiger partial charge in [0.2, 0.25) is 0 Å². The molecule has 0 N–H and O–H groups in total. The third-order valence-corrected chi connectivity index (χ3v) is 11.2. The van der Waals surface area contributed by atoms with E-state index in [1.165, 1.54) is 5.06 Å². The maximum Gasteiger partial charge on any atom is 0.434 e. The zero-order valence-corrected chi connectivity index (χ0v) is 22.5. The van der Waals surface area contributed by atoms with Crippen LogP contribution in [-0.2, 0) is 30.1 Å². The first-order valence-electron chi connectivity index (χ1n) is 12.1. The van der Waals surface area contributed by atoms with Gasteiger partial charge in [0, 0.05) is 0 Å². The molecule has 35 heavy (non-hydrogen) atoms. The Labute approximate surface area is 210 Å². The van der Waals surface area contributed by atoms with E-state index in [4.69, 9.17) is 23.5 Å². The molecular formula is C27H39NO6Si. The van der Waals surface area contributed by atoms with Gasteiger partial charge in [-0.25, -0.2) is 4.79 Å². The second kappa shape index (κ2) is 11.7. The van der Waals surface area contributed by atoms with E-state index in [2.05, 4.69) is 47.0 Å². The lowest BCUT2D eigenvalue weighted by atomic mass is 10.0. The van der Waals surface area contributed by atoms with Crippen molar-refractivity contribution in [2.75, 3.05) is 13.2 Å². The second-order valence-electron chi connectivity index (χ2n) is 10.3. The molecule has 2 bridgehead atoms. The van der Waals surface area contributed by atoms with Crippen LogP contribution in [0.3, 0.4) is 0 Å². The molecule has 4 rings (SSSR count). The van der Waals surface area contributed by atoms with Crippen molar-refractivity contribution in [2.24, 2.45) is 0 Å². The molecule has 5 atom stereocenters. The van der Waals surface area contributed by atoms with Gasteiger partial charge in [0.1, 0.15) is 37.1 Å². The largest absolute Gasteiger partial charge is 0.443 e. The fraction of sp³-hybridized carbons (Fsp3) is 0.519. The Morgan fingerprint density at radius 2 is 1.66 bits per heavy atom. The molecule has 1 aromatic carbocycles. The Hall–Kier alpha value is -2.23. The van der Waals surface area contributed by atoms with Crippen LogP contribution in [-0.4, -0.2) is 63.1 Å². The molecule has 192 valence electrons. The van der Waals surface area contributed by atoms with Crippen LogP contribution in [0.25, 0.3) is 0 Å². The second-order valence-corrected chi connectivity index (χ2v) is 15.1. The van der Waals surface area contributed by atoms with E-state index in [1.807, 2.05) is 42.5 Å². The number of fused-ring (bicyclic) bond motifs is 3. The third kappa shape index (κ3) is 6.51. The number of nitrogens with zero attached hydrogens (tertiary/aromatic N) is 1. The number of hydrogen-bond donors (Lipinski definition) is 0. The quantitative estimate of drug-likeness (QED) is 0.315. The van der Waals surface area contributed by atoms with Gasteiger partial charge in [0.05, 0.1) is 13.2 Å². The molecule has 1 aromatic rings. The first-order chi connectivity index (χ1) is 16.6. The molecule has 8 heteroatoms. The van der Waals surface area contributed by atoms with Crippen LogP contribution in [0.5, 0.6) is 0 Å². The van der Waals surface area contributed by atoms with Crippen LogP contribution < -0.4 is 0 Å². The highest BCUT2D eigenvalue weighted by molar-refractivity contribution is 6.74. The van der Waals surface area contributed by atoms with E-state index in [-0.39, 0.29) is 18.3 Å². The topological polar surface area (TPSA) is 66.5 Å². The van der Waals surface area contributed by atoms with Crippen LogP contribution in [0.2, 0.25) is 18.1 Å². The average molecular weight is 502 g/mol. The van der Waals surface area contributed by atoms with Crippen LogP contribution in [0, 0.1) is 0 Å². The maximum atomic E-state index is 13.2. The minimum Gasteiger partial charge on any atom is -0.443 e. The van der Waals surface area contributed by atoms with Crippen LogP contribution in [0.15, 0.2) is 67.8 Å². The molecule has 2 aliphatic heterocycles. The summed E-state index contributed by atoms with van der Waals surface area (Å²) in [5.41, 5.74) is 0.891. The SMILES string of the molecule is C=CCO[C@@H]1[C@@H](O[Si](C)(C)C(C)(C)C)[C@H](OCC=C)[C@@H]2C=C[C@H]1N(C(=O)OCc1ccccc1)O2. The van der Waals surface area contributed by atoms with Crippen molar-refractivity contribution in [2.45, 2.75) is 76.0 Å². The van der Waals surface area contributed by atoms with Gasteiger partial charge in [-0.3, -0.25) is 4.84 Å². The van der Waals surface area contributed by atoms with Gasteiger partial charge in [-0.05, 0) is 23.7 Å². The molecule has 3 aliphatic rings. The normalized spacial score (nSPS) is 26.3. The van der Waals surface area contributed by atoms with Gasteiger partial charge < -0.3 is 18.6 Å². The van der Waals surface area contributed by atoms with E-state index in [0.717, 1.165) is 5.56 Å². The fourth-order valence-electron chi connectivity index (χ4n) is 3.86. The number of rotatable bonds is 10. The molecule has 1 saturated heterocycles. The Bertz CT molecular complexity index is 897. The van der Waals surface area contributed by atoms with Crippen molar-refractivity contribution >= 4 is 14.4 Å². The first kappa shape index (κ1) is 27.4. The molecular weight excluding hydrogens is 462 g/mol. The van der Waals surface area contributed by atoms with Gasteiger partial charge in [0.15, 0.2) is 8.32 Å². The minimum atomic E-state index is -2.25. The molecule has 7 nitrogen and oxygen atoms in total. The standard InChI is InChI=1S/C27H39NO6Si/c1-8-17-30-23-21-15-16-22(33-28(21)26(29)32-19-20-13-11-10-12-14-20)24(31-18-9-2)25(23)34-35(6,7)27(3,4)5/h8-16,21-25H,1-2,17-19H2,3-7H3/t21-,22+,23+,24-,25-/m1/s1. The summed E-state index contributed by atoms with van der Waals surface area (Å²) in [6, 6.07) is 8.98. The van der Waals surface area contributed by atoms with E-state index < -0.39 is 44.9 Å². The summed E-state index contributed by atoms with van der Waals surface area (Å²) in [4.78, 5) is 19.3. The Morgan fingerprint density at radius 1 is 1.03 bits per heavy atom. The van der Waals surface area contributed by atoms with Crippen LogP contribution in [0.4, 0.5) is 4.79 Å². The summed E-state index contributed by atoms with van der Waals surface area (Å²) in [7, 11) is -2.25. The van der Waals surface area contributed by atoms with Crippen molar-refractivity contribution in [1.82, 2.24) is 5.06 Å². The number of amides is 1. The van der Waals surface area contributed by atoms with Gasteiger partial charge in [-0.1, -0.05) is 75.4 Å². The predicted octanol–water partition coefficient (Wildman–Crippen LogP) is 5.41. The van der Waals surface area contributed by atoms with Gasteiger partial charge >= 0.3 is 6.09 Å². The molecule has 1 aliphatic carbocycles. The zero-order chi connectivity index (χ0) is 25.6. The van der Waals surface area contributed by atoms with E-state index in [1.54, 1.807) is 12.2 Å². The molecule has 0 radical (unpaired) electrons. The summed E-state index contributed by atoms with van der Waals surface area (Å²) in [6.45, 7) is 19.3. The summed E-state index contributed by atoms with van der Waals surface area (Å²) in [5.74, 6) is 0. The number of carbonyl (C=O) groups is 1. The first-order valence-corrected chi connectivity index (χ1v) is 15.0. The van der Waals surface area contributed by atoms with Gasteiger partial charge in [-0.2, -0.15) is 5.06 Å². The Morgan fingerprint density at radius 3 is 2.26 bits per heavy atom. The fourth-order valence-corrected chi connectivity index (χ4v) is 5.16. The molecule has 0 aromatic heterocycles. The molecule has 0 spiro atoms. The van der Waals surface area contributed by atoms with Crippen molar-refractivity contribution < 1.29 is 28.3 Å². The van der Waals surface area contributed by atoms with E-state index in [9.17, 15) is 4.79 Å². The lowest BCUT2D eigenvalue weighted by Crippen LogP contribution is -2.56. The highest BCUT2D eigenvalue weighted by Gasteiger charge is 2.53. The summed E-state index contributed by atoms with van der Waals surface area (Å²) < 4.78 is 25.0. The Kier molecular flexibility index (Phi) is 9.12. The minimum absolute atomic E-state index is 0.0348. The van der Waals surface area contributed by atoms with Crippen molar-refractivity contribution in [3.05, 3.63) is 73.4 Å². The van der Waals surface area contributed by atoms with Crippen LogP contribution in [0.1, 0.15) is 26.3 Å². The van der Waals surface area contributed by atoms with Crippen molar-refractivity contribution in [3.63, 3.8) is 0 Å². The van der Waals surface area contributed by atoms with E-state index >= 15 is 0 Å². The number of hydrogen-bond acceptors (Lipinski definition) is 6. The third-order valence-electron chi connectivity index (χ3n) is 6.75. The highest BCUT2D eigenvalue weighted by atomic mass is 28.4. The molecule has 0 saturated carbocycles. The number of carbonyl (C=O) groups excluding carboxylic acids is 1. The average Bonchev–Trinajstić information content (AvgIpc) is 3.02. The highest BCUT2D eigenvalue weighted by Crippen LogP contribution is 2.41. The molecule has 1 amide bonds.